The number of nitrogens with zero attached hydrogens (tertiary/aromatic N) is 2. The summed E-state index contributed by atoms with van der Waals surface area (Å²) in [4.78, 5) is 16.2. The van der Waals surface area contributed by atoms with Gasteiger partial charge in [-0.05, 0) is 30.4 Å². The van der Waals surface area contributed by atoms with E-state index in [9.17, 15) is 22.9 Å². The molecule has 0 aliphatic carbocycles. The van der Waals surface area contributed by atoms with Crippen LogP contribution in [0.25, 0.3) is 5.57 Å². The first-order chi connectivity index (χ1) is 11.2. The highest BCUT2D eigenvalue weighted by Crippen LogP contribution is 2.32. The number of halogens is 1. The van der Waals surface area contributed by atoms with E-state index in [4.69, 9.17) is 23.8 Å². The molecule has 1 amide bonds. The number of carbonyl (C=O) groups is 1. The summed E-state index contributed by atoms with van der Waals surface area (Å²) in [5.74, 6) is -1.65. The number of fused-ring (bicyclic) bond motifs is 1. The number of hydrogen-bond donors (Lipinski definition) is 1. The zero-order chi connectivity index (χ0) is 17.6. The van der Waals surface area contributed by atoms with Crippen molar-refractivity contribution in [2.75, 3.05) is 5.75 Å². The first kappa shape index (κ1) is 17.2. The van der Waals surface area contributed by atoms with Gasteiger partial charge in [-0.2, -0.15) is 0 Å². The van der Waals surface area contributed by atoms with Gasteiger partial charge in [0, 0.05) is 16.8 Å². The van der Waals surface area contributed by atoms with Crippen LogP contribution in [-0.2, 0) is 21.5 Å². The second kappa shape index (κ2) is 6.05. The van der Waals surface area contributed by atoms with E-state index in [1.54, 1.807) is 18.2 Å². The molecule has 24 heavy (non-hydrogen) atoms. The summed E-state index contributed by atoms with van der Waals surface area (Å²) < 4.78 is 33.6. The molecule has 1 aliphatic heterocycles. The Kier molecular flexibility index (Phi) is 4.34. The summed E-state index contributed by atoms with van der Waals surface area (Å²) in [7, 11) is -4.46. The summed E-state index contributed by atoms with van der Waals surface area (Å²) >= 11 is 12.0. The lowest BCUT2D eigenvalue weighted by Crippen LogP contribution is -2.22. The lowest BCUT2D eigenvalue weighted by Gasteiger charge is -2.08. The maximum absolute atomic E-state index is 12.2. The van der Waals surface area contributed by atoms with Crippen LogP contribution in [0, 0.1) is 3.95 Å². The van der Waals surface area contributed by atoms with Gasteiger partial charge in [0.1, 0.15) is 4.88 Å². The molecular weight excluding hydrogens is 396 g/mol. The molecule has 0 saturated carbocycles. The average molecular weight is 404 g/mol. The zero-order valence-corrected chi connectivity index (χ0v) is 14.9. The molecule has 2 heterocycles. The van der Waals surface area contributed by atoms with Gasteiger partial charge in [-0.1, -0.05) is 11.6 Å². The van der Waals surface area contributed by atoms with E-state index in [-0.39, 0.29) is 26.8 Å². The van der Waals surface area contributed by atoms with Crippen molar-refractivity contribution in [3.8, 4) is 5.88 Å². The molecule has 3 rings (SSSR count). The Morgan fingerprint density at radius 3 is 2.79 bits per heavy atom. The Morgan fingerprint density at radius 1 is 1.42 bits per heavy atom. The summed E-state index contributed by atoms with van der Waals surface area (Å²) in [5, 5.41) is 11.6. The van der Waals surface area contributed by atoms with E-state index in [1.165, 1.54) is 0 Å². The Balaban J connectivity index is 2.18. The fraction of sp³-hybridized carbons (Fsp3) is 0.154. The van der Waals surface area contributed by atoms with Crippen molar-refractivity contribution in [3.05, 3.63) is 42.6 Å². The number of benzene rings is 1. The molecule has 1 N–H and O–H groups in total. The van der Waals surface area contributed by atoms with Gasteiger partial charge in [-0.25, -0.2) is 13.4 Å². The van der Waals surface area contributed by atoms with E-state index in [2.05, 4.69) is 4.99 Å². The normalized spacial score (nSPS) is 13.9. The van der Waals surface area contributed by atoms with Crippen molar-refractivity contribution in [2.24, 2.45) is 4.99 Å². The molecule has 1 aromatic heterocycles. The van der Waals surface area contributed by atoms with E-state index in [1.807, 2.05) is 0 Å². The van der Waals surface area contributed by atoms with Crippen LogP contribution < -0.4 is 10.6 Å². The van der Waals surface area contributed by atoms with Gasteiger partial charge in [0.05, 0.1) is 26.8 Å². The Hall–Kier alpha value is -1.59. The predicted molar refractivity (Wildman–Crippen MR) is 89.1 cm³/mol. The highest BCUT2D eigenvalue weighted by molar-refractivity contribution is 7.85. The standard InChI is InChI=1S/C13H9ClN2O5S3/c14-6-1-2-8-7(5-6)9(11(17)15-8)10-12(18)16(13(22)23-10)3-4-24(19,20)21/h1-2,5,18H,3-4H2,(H,19,20,21)/p-1. The van der Waals surface area contributed by atoms with Crippen molar-refractivity contribution in [1.82, 2.24) is 4.57 Å². The van der Waals surface area contributed by atoms with Crippen molar-refractivity contribution >= 4 is 56.8 Å². The Bertz CT molecular complexity index is 1150. The topological polar surface area (TPSA) is 112 Å². The van der Waals surface area contributed by atoms with Crippen molar-refractivity contribution in [2.45, 2.75) is 6.54 Å². The molecule has 0 saturated heterocycles. The smallest absolute Gasteiger partial charge is 0.279 e. The molecule has 0 radical (unpaired) electrons. The monoisotopic (exact) mass is 403 g/mol. The molecular formula is C13H8ClN2O5S3-. The predicted octanol–water partition coefficient (Wildman–Crippen LogP) is 0.542. The molecule has 0 fully saturated rings. The maximum Gasteiger partial charge on any atom is 0.279 e. The molecule has 2 aromatic rings. The highest BCUT2D eigenvalue weighted by atomic mass is 35.5. The third kappa shape index (κ3) is 3.15. The summed E-state index contributed by atoms with van der Waals surface area (Å²) in [5.41, 5.74) is 0.143. The van der Waals surface area contributed by atoms with Crippen molar-refractivity contribution in [3.63, 3.8) is 0 Å². The van der Waals surface area contributed by atoms with E-state index < -0.39 is 21.8 Å². The van der Waals surface area contributed by atoms with E-state index in [0.29, 0.717) is 15.6 Å². The van der Waals surface area contributed by atoms with E-state index in [0.717, 1.165) is 15.9 Å². The lowest BCUT2D eigenvalue weighted by atomic mass is 10.1. The summed E-state index contributed by atoms with van der Waals surface area (Å²) in [6.45, 7) is -0.298. The van der Waals surface area contributed by atoms with Crippen LogP contribution in [0.4, 0.5) is 0 Å². The third-order valence-electron chi connectivity index (χ3n) is 3.32. The molecule has 1 aliphatic rings. The number of thiazole rings is 1. The number of hydrogen-bond acceptors (Lipinski definition) is 7. The number of aromatic nitrogens is 1. The maximum atomic E-state index is 12.2. The molecule has 11 heteroatoms. The van der Waals surface area contributed by atoms with Crippen LogP contribution >= 0.6 is 35.2 Å². The Labute approximate surface area is 149 Å². The Morgan fingerprint density at radius 2 is 2.12 bits per heavy atom. The van der Waals surface area contributed by atoms with Crippen LogP contribution in [0.3, 0.4) is 0 Å². The molecule has 1 aromatic carbocycles. The minimum absolute atomic E-state index is 0.141. The molecule has 126 valence electrons. The average Bonchev–Trinajstić information content (AvgIpc) is 2.92. The summed E-state index contributed by atoms with van der Waals surface area (Å²) in [6, 6.07) is 4.72. The molecule has 0 bridgehead atoms. The third-order valence-corrected chi connectivity index (χ3v) is 5.70. The fourth-order valence-corrected chi connectivity index (χ4v) is 4.24. The minimum atomic E-state index is -4.46. The van der Waals surface area contributed by atoms with Crippen molar-refractivity contribution in [1.29, 1.82) is 0 Å². The van der Waals surface area contributed by atoms with Gasteiger partial charge in [-0.15, -0.1) is 11.3 Å². The van der Waals surface area contributed by atoms with Gasteiger partial charge in [0.25, 0.3) is 5.91 Å². The molecule has 0 atom stereocenters. The second-order valence-corrected chi connectivity index (χ2v) is 8.49. The lowest BCUT2D eigenvalue weighted by molar-refractivity contribution is -0.112. The van der Waals surface area contributed by atoms with E-state index >= 15 is 0 Å². The highest BCUT2D eigenvalue weighted by Gasteiger charge is 2.25. The largest absolute Gasteiger partial charge is 0.748 e. The van der Waals surface area contributed by atoms with Gasteiger partial charge in [0.15, 0.2) is 3.95 Å². The van der Waals surface area contributed by atoms with Crippen LogP contribution in [0.2, 0.25) is 5.02 Å². The number of rotatable bonds is 4. The quantitative estimate of drug-likeness (QED) is 0.589. The first-order valence-corrected chi connectivity index (χ1v) is 9.65. The van der Waals surface area contributed by atoms with Gasteiger partial charge >= 0.3 is 0 Å². The van der Waals surface area contributed by atoms with Crippen LogP contribution in [0.5, 0.6) is 5.88 Å². The van der Waals surface area contributed by atoms with Crippen LogP contribution in [0.1, 0.15) is 4.88 Å². The number of carbonyl (C=O) groups excluding carboxylic acids is 1. The van der Waals surface area contributed by atoms with Crippen molar-refractivity contribution < 1.29 is 22.9 Å². The molecule has 7 nitrogen and oxygen atoms in total. The van der Waals surface area contributed by atoms with Gasteiger partial charge < -0.3 is 9.66 Å². The SMILES string of the molecule is O=C1N=c2ccc(Cl)cc2=C1c1sc(=S)n(CCS(=O)(=O)[O-])c1O. The fourth-order valence-electron chi connectivity index (χ4n) is 2.27. The minimum Gasteiger partial charge on any atom is -0.748 e. The van der Waals surface area contributed by atoms with Crippen LogP contribution in [0.15, 0.2) is 23.2 Å². The molecule has 0 unspecified atom stereocenters. The summed E-state index contributed by atoms with van der Waals surface area (Å²) in [6.07, 6.45) is 0. The first-order valence-electron chi connectivity index (χ1n) is 6.47. The van der Waals surface area contributed by atoms with Gasteiger partial charge in [-0.3, -0.25) is 9.36 Å². The van der Waals surface area contributed by atoms with Crippen LogP contribution in [-0.4, -0.2) is 34.3 Å². The number of amides is 1. The second-order valence-electron chi connectivity index (χ2n) is 4.89. The number of aromatic hydroxyl groups is 1. The molecule has 0 spiro atoms. The van der Waals surface area contributed by atoms with Gasteiger partial charge in [0.2, 0.25) is 5.88 Å². The zero-order valence-electron chi connectivity index (χ0n) is 11.7.